The van der Waals surface area contributed by atoms with E-state index in [0.29, 0.717) is 5.56 Å². The van der Waals surface area contributed by atoms with Gasteiger partial charge in [0.2, 0.25) is 0 Å². The maximum absolute atomic E-state index is 12.5. The predicted molar refractivity (Wildman–Crippen MR) is 212 cm³/mol. The Morgan fingerprint density at radius 2 is 0.839 bits per heavy atom. The zero-order chi connectivity index (χ0) is 44.0. The van der Waals surface area contributed by atoms with Gasteiger partial charge in [0.05, 0.1) is 17.9 Å². The molecular weight excluding hydrogens is 812 g/mol. The van der Waals surface area contributed by atoms with Crippen molar-refractivity contribution in [3.63, 3.8) is 0 Å². The molecule has 0 aliphatic carbocycles. The number of hydrogen-bond donors (Lipinski definition) is 14. The molecule has 8 atom stereocenters. The normalized spacial score (nSPS) is 23.8. The van der Waals surface area contributed by atoms with Crippen LogP contribution in [-0.4, -0.2) is 89.8 Å². The lowest BCUT2D eigenvalue weighted by Gasteiger charge is -2.43. The molecule has 0 radical (unpaired) electrons. The quantitative estimate of drug-likeness (QED) is 0.104. The molecule has 17 heteroatoms. The van der Waals surface area contributed by atoms with E-state index >= 15 is 0 Å². The van der Waals surface area contributed by atoms with Crippen LogP contribution in [0.4, 0.5) is 0 Å². The number of rotatable bonds is 5. The summed E-state index contributed by atoms with van der Waals surface area (Å²) in [6.07, 6.45) is -9.53. The summed E-state index contributed by atoms with van der Waals surface area (Å²) < 4.78 is 19.0. The third-order valence-corrected chi connectivity index (χ3v) is 11.7. The van der Waals surface area contributed by atoms with Gasteiger partial charge in [0.1, 0.15) is 75.8 Å². The maximum Gasteiger partial charge on any atom is 0.157 e. The average Bonchev–Trinajstić information content (AvgIpc) is 3.21. The number of benzene rings is 6. The van der Waals surface area contributed by atoms with Gasteiger partial charge in [-0.05, 0) is 53.1 Å². The molecule has 62 heavy (non-hydrogen) atoms. The van der Waals surface area contributed by atoms with Gasteiger partial charge in [-0.15, -0.1) is 0 Å². The molecular formula is C45H38O17. The van der Waals surface area contributed by atoms with Gasteiger partial charge in [-0.3, -0.25) is 0 Å². The molecule has 0 unspecified atom stereocenters. The van der Waals surface area contributed by atoms with Crippen molar-refractivity contribution in [3.05, 3.63) is 129 Å². The van der Waals surface area contributed by atoms with Gasteiger partial charge in [-0.2, -0.15) is 0 Å². The highest BCUT2D eigenvalue weighted by Gasteiger charge is 2.50. The lowest BCUT2D eigenvalue weighted by molar-refractivity contribution is -0.00559. The standard InChI is InChI=1S/C45H38O17/c46-19-5-1-16(2-6-19)42-39(58)37(33-27(53)11-20(47)12-32(33)60-42)35-29(55)15-30(56)36-38(40(59)43(62-45(35)36)18-4-8-23(49)26(52)10-18)34-28(54)14-24(50)21-13-31(57)41(61-44(21)34)17-3-7-22(48)25(51)9-17/h1-12,14-15,31,37-43,46-59H,13H2/t31-,37+,38-,39+,40+,41+,42+,43+/m0/s1. The molecule has 320 valence electrons. The molecule has 14 N–H and O–H groups in total. The fraction of sp³-hybridized carbons (Fsp3) is 0.200. The summed E-state index contributed by atoms with van der Waals surface area (Å²) in [4.78, 5) is 0. The number of ether oxygens (including phenoxy) is 3. The van der Waals surface area contributed by atoms with E-state index in [1.165, 1.54) is 36.4 Å². The highest BCUT2D eigenvalue weighted by Crippen LogP contribution is 2.62. The number of aliphatic hydroxyl groups is 3. The molecule has 0 bridgehead atoms. The molecule has 0 saturated carbocycles. The van der Waals surface area contributed by atoms with Gasteiger partial charge in [-0.1, -0.05) is 24.3 Å². The molecule has 0 amide bonds. The van der Waals surface area contributed by atoms with E-state index < -0.39 is 112 Å². The van der Waals surface area contributed by atoms with Crippen LogP contribution in [-0.2, 0) is 6.42 Å². The van der Waals surface area contributed by atoms with E-state index in [2.05, 4.69) is 0 Å². The van der Waals surface area contributed by atoms with E-state index in [-0.39, 0.29) is 62.6 Å². The Kier molecular flexibility index (Phi) is 9.35. The zero-order valence-electron chi connectivity index (χ0n) is 31.9. The summed E-state index contributed by atoms with van der Waals surface area (Å²) in [6, 6.07) is 16.7. The van der Waals surface area contributed by atoms with E-state index in [4.69, 9.17) is 14.2 Å². The van der Waals surface area contributed by atoms with Gasteiger partial charge in [0, 0.05) is 58.5 Å². The molecule has 3 aliphatic rings. The molecule has 0 aromatic heterocycles. The third-order valence-electron chi connectivity index (χ3n) is 11.7. The lowest BCUT2D eigenvalue weighted by atomic mass is 9.73. The van der Waals surface area contributed by atoms with E-state index in [1.807, 2.05) is 0 Å². The molecule has 0 spiro atoms. The third kappa shape index (κ3) is 6.29. The van der Waals surface area contributed by atoms with E-state index in [9.17, 15) is 71.5 Å². The summed E-state index contributed by atoms with van der Waals surface area (Å²) in [7, 11) is 0. The molecule has 3 aliphatic heterocycles. The Morgan fingerprint density at radius 3 is 1.42 bits per heavy atom. The van der Waals surface area contributed by atoms with Gasteiger partial charge in [0.15, 0.2) is 35.2 Å². The number of phenolic OH excluding ortho intramolecular Hbond substituents is 11. The first kappa shape index (κ1) is 39.8. The number of hydrogen-bond acceptors (Lipinski definition) is 17. The van der Waals surface area contributed by atoms with Crippen molar-refractivity contribution in [2.75, 3.05) is 0 Å². The van der Waals surface area contributed by atoms with Crippen molar-refractivity contribution in [2.45, 2.75) is 54.9 Å². The second-order valence-electron chi connectivity index (χ2n) is 15.5. The highest BCUT2D eigenvalue weighted by atomic mass is 16.5. The first-order valence-corrected chi connectivity index (χ1v) is 19.1. The molecule has 0 fully saturated rings. The highest BCUT2D eigenvalue weighted by molar-refractivity contribution is 5.70. The first-order valence-electron chi connectivity index (χ1n) is 19.1. The fourth-order valence-electron chi connectivity index (χ4n) is 8.89. The topological polar surface area (TPSA) is 311 Å². The number of phenols is 11. The SMILES string of the molecule is Oc1ccc([C@H]2Oc3cc(O)cc(O)c3[C@H](c3c(O)cc(O)c4c3O[C@H](c3ccc(O)c(O)c3)[C@H](O)[C@H]4c3c(O)cc(O)c4c3O[C@H](c3ccc(O)c(O)c3)[C@@H](O)C4)[C@H]2O)cc1. The Balaban J connectivity index is 1.31. The van der Waals surface area contributed by atoms with Gasteiger partial charge < -0.3 is 85.7 Å². The van der Waals surface area contributed by atoms with Crippen molar-refractivity contribution in [3.8, 4) is 80.5 Å². The van der Waals surface area contributed by atoms with Crippen molar-refractivity contribution >= 4 is 0 Å². The summed E-state index contributed by atoms with van der Waals surface area (Å²) >= 11 is 0. The number of aromatic hydroxyl groups is 11. The van der Waals surface area contributed by atoms with Gasteiger partial charge >= 0.3 is 0 Å². The summed E-state index contributed by atoms with van der Waals surface area (Å²) in [5, 5.41) is 156. The zero-order valence-corrected chi connectivity index (χ0v) is 31.9. The van der Waals surface area contributed by atoms with E-state index in [1.54, 1.807) is 0 Å². The summed E-state index contributed by atoms with van der Waals surface area (Å²) in [5.41, 5.74) is -0.610. The van der Waals surface area contributed by atoms with Crippen LogP contribution in [0.25, 0.3) is 0 Å². The minimum Gasteiger partial charge on any atom is -0.508 e. The number of fused-ring (bicyclic) bond motifs is 3. The second kappa shape index (κ2) is 14.5. The number of aliphatic hydroxyl groups excluding tert-OH is 3. The predicted octanol–water partition coefficient (Wildman–Crippen LogP) is 4.74. The molecule has 6 aromatic carbocycles. The van der Waals surface area contributed by atoms with Crippen LogP contribution in [0.1, 0.15) is 74.7 Å². The minimum atomic E-state index is -1.87. The van der Waals surface area contributed by atoms with Crippen LogP contribution < -0.4 is 14.2 Å². The maximum atomic E-state index is 12.5. The van der Waals surface area contributed by atoms with Crippen molar-refractivity contribution < 1.29 is 85.7 Å². The molecule has 6 aromatic rings. The van der Waals surface area contributed by atoms with Crippen LogP contribution in [0.5, 0.6) is 80.5 Å². The minimum absolute atomic E-state index is 0.0146. The Hall–Kier alpha value is -7.60. The van der Waals surface area contributed by atoms with Crippen LogP contribution in [0.15, 0.2) is 84.9 Å². The van der Waals surface area contributed by atoms with Crippen molar-refractivity contribution in [1.82, 2.24) is 0 Å². The Morgan fingerprint density at radius 1 is 0.371 bits per heavy atom. The smallest absolute Gasteiger partial charge is 0.157 e. The van der Waals surface area contributed by atoms with Crippen molar-refractivity contribution in [1.29, 1.82) is 0 Å². The largest absolute Gasteiger partial charge is 0.508 e. The van der Waals surface area contributed by atoms with Crippen LogP contribution in [0, 0.1) is 0 Å². The fourth-order valence-corrected chi connectivity index (χ4v) is 8.89. The van der Waals surface area contributed by atoms with Gasteiger partial charge in [-0.25, -0.2) is 0 Å². The Labute approximate surface area is 349 Å². The van der Waals surface area contributed by atoms with Gasteiger partial charge in [0.25, 0.3) is 0 Å². The van der Waals surface area contributed by atoms with Crippen LogP contribution >= 0.6 is 0 Å². The molecule has 3 heterocycles. The average molecular weight is 851 g/mol. The molecule has 17 nitrogen and oxygen atoms in total. The monoisotopic (exact) mass is 850 g/mol. The Bertz CT molecular complexity index is 2770. The van der Waals surface area contributed by atoms with Crippen molar-refractivity contribution in [2.24, 2.45) is 0 Å². The molecule has 9 rings (SSSR count). The van der Waals surface area contributed by atoms with E-state index in [0.717, 1.165) is 48.5 Å². The summed E-state index contributed by atoms with van der Waals surface area (Å²) in [6.45, 7) is 0. The molecule has 0 saturated heterocycles. The van der Waals surface area contributed by atoms with Crippen LogP contribution in [0.3, 0.4) is 0 Å². The first-order chi connectivity index (χ1) is 29.5. The second-order valence-corrected chi connectivity index (χ2v) is 15.5. The summed E-state index contributed by atoms with van der Waals surface area (Å²) in [5.74, 6) is -9.99. The lowest BCUT2D eigenvalue weighted by Crippen LogP contribution is -2.39. The van der Waals surface area contributed by atoms with Crippen LogP contribution in [0.2, 0.25) is 0 Å².